The maximum Gasteiger partial charge on any atom is 0.326 e. The van der Waals surface area contributed by atoms with Crippen molar-refractivity contribution in [3.05, 3.63) is 28.7 Å². The molecule has 0 spiro atoms. The van der Waals surface area contributed by atoms with Crippen LogP contribution in [0.2, 0.25) is 0 Å². The number of rotatable bonds is 6. The largest absolute Gasteiger partial charge is 0.464 e. The fourth-order valence-electron chi connectivity index (χ4n) is 1.59. The first-order chi connectivity index (χ1) is 8.56. The summed E-state index contributed by atoms with van der Waals surface area (Å²) in [5.74, 6) is -0.0267. The molecule has 0 aliphatic heterocycles. The van der Waals surface area contributed by atoms with Crippen molar-refractivity contribution in [1.29, 1.82) is 0 Å². The van der Waals surface area contributed by atoms with Crippen LogP contribution in [0.4, 0.5) is 5.69 Å². The highest BCUT2D eigenvalue weighted by molar-refractivity contribution is 5.69. The first-order valence-corrected chi connectivity index (χ1v) is 6.18. The van der Waals surface area contributed by atoms with Gasteiger partial charge in [-0.3, -0.25) is 9.59 Å². The van der Waals surface area contributed by atoms with Gasteiger partial charge in [0.25, 0.3) is 5.56 Å². The van der Waals surface area contributed by atoms with Crippen LogP contribution in [0.25, 0.3) is 0 Å². The molecule has 100 valence electrons. The summed E-state index contributed by atoms with van der Waals surface area (Å²) in [6, 6.07) is 2.85. The lowest BCUT2D eigenvalue weighted by Crippen LogP contribution is -2.25. The quantitative estimate of drug-likeness (QED) is 0.777. The number of carbonyl (C=O) groups is 1. The molecule has 5 nitrogen and oxygen atoms in total. The van der Waals surface area contributed by atoms with E-state index in [9.17, 15) is 9.59 Å². The third-order valence-electron chi connectivity index (χ3n) is 2.94. The van der Waals surface area contributed by atoms with Crippen LogP contribution in [0.5, 0.6) is 0 Å². The maximum absolute atomic E-state index is 11.6. The van der Waals surface area contributed by atoms with E-state index in [1.54, 1.807) is 0 Å². The van der Waals surface area contributed by atoms with Gasteiger partial charge in [-0.25, -0.2) is 0 Å². The van der Waals surface area contributed by atoms with E-state index in [0.29, 0.717) is 18.2 Å². The monoisotopic (exact) mass is 252 g/mol. The first kappa shape index (κ1) is 14.3. The van der Waals surface area contributed by atoms with Crippen LogP contribution in [0.3, 0.4) is 0 Å². The van der Waals surface area contributed by atoms with Crippen molar-refractivity contribution in [2.75, 3.05) is 12.3 Å². The summed E-state index contributed by atoms with van der Waals surface area (Å²) >= 11 is 0. The second kappa shape index (κ2) is 6.83. The Hall–Kier alpha value is -1.78. The zero-order chi connectivity index (χ0) is 13.5. The van der Waals surface area contributed by atoms with E-state index in [4.69, 9.17) is 10.5 Å². The summed E-state index contributed by atoms with van der Waals surface area (Å²) in [6.07, 6.45) is 3.39. The summed E-state index contributed by atoms with van der Waals surface area (Å²) in [5.41, 5.74) is 5.74. The Bertz CT molecular complexity index is 450. The standard InChI is InChI=1S/C13H20N2O3/c1-3-10(4-2)9-18-13(17)8-15-7-11(14)5-6-12(15)16/h5-7,10H,3-4,8-9,14H2,1-2H3. The molecule has 0 saturated heterocycles. The number of aromatic nitrogens is 1. The lowest BCUT2D eigenvalue weighted by atomic mass is 10.1. The molecule has 0 saturated carbocycles. The minimum atomic E-state index is -0.408. The Morgan fingerprint density at radius 2 is 2.06 bits per heavy atom. The molecule has 0 aromatic carbocycles. The molecule has 1 aromatic rings. The molecule has 1 rings (SSSR count). The van der Waals surface area contributed by atoms with Crippen molar-refractivity contribution in [3.63, 3.8) is 0 Å². The maximum atomic E-state index is 11.6. The number of anilines is 1. The van der Waals surface area contributed by atoms with Gasteiger partial charge in [-0.15, -0.1) is 0 Å². The van der Waals surface area contributed by atoms with Crippen molar-refractivity contribution in [2.24, 2.45) is 5.92 Å². The SMILES string of the molecule is CCC(CC)COC(=O)Cn1cc(N)ccc1=O. The van der Waals surface area contributed by atoms with E-state index in [2.05, 4.69) is 13.8 Å². The molecule has 0 unspecified atom stereocenters. The van der Waals surface area contributed by atoms with Gasteiger partial charge in [0.2, 0.25) is 0 Å². The molecular weight excluding hydrogens is 232 g/mol. The predicted molar refractivity (Wildman–Crippen MR) is 70.1 cm³/mol. The molecule has 0 atom stereocenters. The number of esters is 1. The lowest BCUT2D eigenvalue weighted by molar-refractivity contribution is -0.145. The van der Waals surface area contributed by atoms with Crippen molar-refractivity contribution in [3.8, 4) is 0 Å². The molecule has 5 heteroatoms. The van der Waals surface area contributed by atoms with Gasteiger partial charge < -0.3 is 15.0 Å². The average Bonchev–Trinajstić information content (AvgIpc) is 2.35. The Kier molecular flexibility index (Phi) is 5.42. The number of carbonyl (C=O) groups excluding carboxylic acids is 1. The van der Waals surface area contributed by atoms with Gasteiger partial charge in [-0.1, -0.05) is 26.7 Å². The van der Waals surface area contributed by atoms with E-state index in [-0.39, 0.29) is 12.1 Å². The zero-order valence-corrected chi connectivity index (χ0v) is 10.9. The van der Waals surface area contributed by atoms with Gasteiger partial charge in [-0.05, 0) is 12.0 Å². The predicted octanol–water partition coefficient (Wildman–Crippen LogP) is 1.41. The van der Waals surface area contributed by atoms with Crippen LogP contribution in [-0.4, -0.2) is 17.1 Å². The van der Waals surface area contributed by atoms with Gasteiger partial charge in [0.05, 0.1) is 6.61 Å². The third kappa shape index (κ3) is 4.24. The Labute approximate surface area is 107 Å². The topological polar surface area (TPSA) is 74.3 Å². The summed E-state index contributed by atoms with van der Waals surface area (Å²) in [4.78, 5) is 23.0. The second-order valence-electron chi connectivity index (χ2n) is 4.29. The van der Waals surface area contributed by atoms with Gasteiger partial charge >= 0.3 is 5.97 Å². The molecule has 2 N–H and O–H groups in total. The summed E-state index contributed by atoms with van der Waals surface area (Å²) in [5, 5.41) is 0. The van der Waals surface area contributed by atoms with Crippen molar-refractivity contribution >= 4 is 11.7 Å². The number of hydrogen-bond donors (Lipinski definition) is 1. The molecule has 18 heavy (non-hydrogen) atoms. The fourth-order valence-corrected chi connectivity index (χ4v) is 1.59. The molecule has 1 aromatic heterocycles. The van der Waals surface area contributed by atoms with Gasteiger partial charge in [-0.2, -0.15) is 0 Å². The normalized spacial score (nSPS) is 10.6. The molecule has 0 bridgehead atoms. The average molecular weight is 252 g/mol. The van der Waals surface area contributed by atoms with Crippen molar-refractivity contribution in [2.45, 2.75) is 33.2 Å². The van der Waals surface area contributed by atoms with Crippen LogP contribution in [0.15, 0.2) is 23.1 Å². The van der Waals surface area contributed by atoms with E-state index in [0.717, 1.165) is 12.8 Å². The van der Waals surface area contributed by atoms with Crippen LogP contribution >= 0.6 is 0 Å². The van der Waals surface area contributed by atoms with Crippen LogP contribution in [0.1, 0.15) is 26.7 Å². The van der Waals surface area contributed by atoms with Gasteiger partial charge in [0, 0.05) is 18.0 Å². The Morgan fingerprint density at radius 1 is 1.39 bits per heavy atom. The first-order valence-electron chi connectivity index (χ1n) is 6.18. The molecule has 0 aliphatic rings. The number of hydrogen-bond acceptors (Lipinski definition) is 4. The highest BCUT2D eigenvalue weighted by atomic mass is 16.5. The highest BCUT2D eigenvalue weighted by Gasteiger charge is 2.09. The van der Waals surface area contributed by atoms with E-state index < -0.39 is 5.97 Å². The summed E-state index contributed by atoms with van der Waals surface area (Å²) in [6.45, 7) is 4.43. The van der Waals surface area contributed by atoms with E-state index in [1.165, 1.54) is 22.9 Å². The Morgan fingerprint density at radius 3 is 2.67 bits per heavy atom. The molecule has 1 heterocycles. The molecule has 0 radical (unpaired) electrons. The summed E-state index contributed by atoms with van der Waals surface area (Å²) < 4.78 is 6.40. The third-order valence-corrected chi connectivity index (χ3v) is 2.94. The Balaban J connectivity index is 2.54. The van der Waals surface area contributed by atoms with Crippen LogP contribution < -0.4 is 11.3 Å². The van der Waals surface area contributed by atoms with Crippen molar-refractivity contribution < 1.29 is 9.53 Å². The van der Waals surface area contributed by atoms with Gasteiger partial charge in [0.1, 0.15) is 6.54 Å². The molecule has 0 aliphatic carbocycles. The molecule has 0 fully saturated rings. The number of pyridine rings is 1. The van der Waals surface area contributed by atoms with E-state index in [1.807, 2.05) is 0 Å². The lowest BCUT2D eigenvalue weighted by Gasteiger charge is -2.13. The molecular formula is C13H20N2O3. The molecule has 0 amide bonds. The van der Waals surface area contributed by atoms with Crippen LogP contribution in [0, 0.1) is 5.92 Å². The number of nitrogen functional groups attached to an aromatic ring is 1. The zero-order valence-electron chi connectivity index (χ0n) is 10.9. The van der Waals surface area contributed by atoms with Crippen molar-refractivity contribution in [1.82, 2.24) is 4.57 Å². The minimum absolute atomic E-state index is 0.0932. The van der Waals surface area contributed by atoms with Gasteiger partial charge in [0.15, 0.2) is 0 Å². The second-order valence-corrected chi connectivity index (χ2v) is 4.29. The smallest absolute Gasteiger partial charge is 0.326 e. The van der Waals surface area contributed by atoms with E-state index >= 15 is 0 Å². The number of nitrogens with two attached hydrogens (primary N) is 1. The minimum Gasteiger partial charge on any atom is -0.464 e. The van der Waals surface area contributed by atoms with Crippen LogP contribution in [-0.2, 0) is 16.1 Å². The number of ether oxygens (including phenoxy) is 1. The number of nitrogens with zero attached hydrogens (tertiary/aromatic N) is 1. The highest BCUT2D eigenvalue weighted by Crippen LogP contribution is 2.07. The summed E-state index contributed by atoms with van der Waals surface area (Å²) in [7, 11) is 0. The fraction of sp³-hybridized carbons (Fsp3) is 0.538.